The molecule has 158 valence electrons. The minimum atomic E-state index is -0.213. The lowest BCUT2D eigenvalue weighted by Crippen LogP contribution is -2.43. The molecule has 2 unspecified atom stereocenters. The van der Waals surface area contributed by atoms with Gasteiger partial charge in [-0.25, -0.2) is 4.39 Å². The highest BCUT2D eigenvalue weighted by atomic mass is 127. The van der Waals surface area contributed by atoms with Gasteiger partial charge in [0, 0.05) is 32.8 Å². The fourth-order valence-electron chi connectivity index (χ4n) is 3.54. The lowest BCUT2D eigenvalue weighted by Gasteiger charge is -2.34. The van der Waals surface area contributed by atoms with Gasteiger partial charge in [-0.15, -0.1) is 24.0 Å². The van der Waals surface area contributed by atoms with E-state index in [0.717, 1.165) is 70.4 Å². The van der Waals surface area contributed by atoms with Crippen LogP contribution in [-0.2, 0) is 9.47 Å². The average Bonchev–Trinajstić information content (AvgIpc) is 3.22. The van der Waals surface area contributed by atoms with Crippen molar-refractivity contribution < 1.29 is 13.9 Å². The minimum Gasteiger partial charge on any atom is -0.379 e. The molecule has 0 aliphatic carbocycles. The van der Waals surface area contributed by atoms with E-state index in [-0.39, 0.29) is 41.9 Å². The Morgan fingerprint density at radius 1 is 1.21 bits per heavy atom. The van der Waals surface area contributed by atoms with Crippen LogP contribution >= 0.6 is 24.0 Å². The fourth-order valence-corrected chi connectivity index (χ4v) is 3.54. The third-order valence-corrected chi connectivity index (χ3v) is 5.03. The molecule has 2 aliphatic rings. The zero-order valence-corrected chi connectivity index (χ0v) is 18.9. The summed E-state index contributed by atoms with van der Waals surface area (Å²) in [6.07, 6.45) is 2.49. The minimum absolute atomic E-state index is 0. The van der Waals surface area contributed by atoms with E-state index in [9.17, 15) is 4.39 Å². The summed E-state index contributed by atoms with van der Waals surface area (Å²) in [5, 5.41) is 6.70. The van der Waals surface area contributed by atoms with E-state index in [1.807, 2.05) is 12.1 Å². The number of ether oxygens (including phenoxy) is 2. The highest BCUT2D eigenvalue weighted by Crippen LogP contribution is 2.22. The summed E-state index contributed by atoms with van der Waals surface area (Å²) >= 11 is 0. The Morgan fingerprint density at radius 3 is 2.61 bits per heavy atom. The van der Waals surface area contributed by atoms with Gasteiger partial charge in [0.2, 0.25) is 0 Å². The molecule has 2 saturated heterocycles. The maximum atomic E-state index is 13.4. The number of hydrogen-bond donors (Lipinski definition) is 2. The first-order valence-electron chi connectivity index (χ1n) is 9.97. The molecular weight excluding hydrogens is 474 g/mol. The van der Waals surface area contributed by atoms with E-state index in [4.69, 9.17) is 14.5 Å². The van der Waals surface area contributed by atoms with E-state index in [1.165, 1.54) is 12.1 Å². The predicted molar refractivity (Wildman–Crippen MR) is 120 cm³/mol. The van der Waals surface area contributed by atoms with Crippen molar-refractivity contribution in [2.75, 3.05) is 52.5 Å². The molecule has 2 fully saturated rings. The van der Waals surface area contributed by atoms with Crippen molar-refractivity contribution in [1.29, 1.82) is 0 Å². The molecular formula is C20H32FIN4O2. The Morgan fingerprint density at radius 2 is 1.96 bits per heavy atom. The second-order valence-electron chi connectivity index (χ2n) is 6.95. The first-order valence-corrected chi connectivity index (χ1v) is 9.97. The quantitative estimate of drug-likeness (QED) is 0.338. The maximum absolute atomic E-state index is 13.4. The lowest BCUT2D eigenvalue weighted by molar-refractivity contribution is 0.0179. The smallest absolute Gasteiger partial charge is 0.191 e. The Hall–Kier alpha value is -0.970. The molecule has 0 radical (unpaired) electrons. The molecule has 28 heavy (non-hydrogen) atoms. The summed E-state index contributed by atoms with van der Waals surface area (Å²) in [5.74, 6) is 0.586. The van der Waals surface area contributed by atoms with Gasteiger partial charge in [0.1, 0.15) is 5.82 Å². The summed E-state index contributed by atoms with van der Waals surface area (Å²) in [5.41, 5.74) is 1.08. The largest absolute Gasteiger partial charge is 0.379 e. The van der Waals surface area contributed by atoms with E-state index in [1.54, 1.807) is 0 Å². The number of morpholine rings is 1. The van der Waals surface area contributed by atoms with Gasteiger partial charge in [-0.05, 0) is 37.5 Å². The summed E-state index contributed by atoms with van der Waals surface area (Å²) in [6.45, 7) is 8.24. The average molecular weight is 506 g/mol. The van der Waals surface area contributed by atoms with Crippen LogP contribution in [0.25, 0.3) is 0 Å². The monoisotopic (exact) mass is 506 g/mol. The second kappa shape index (κ2) is 12.6. The third-order valence-electron chi connectivity index (χ3n) is 5.03. The number of nitrogens with zero attached hydrogens (tertiary/aromatic N) is 2. The number of benzene rings is 1. The normalized spacial score (nSPS) is 21.8. The van der Waals surface area contributed by atoms with E-state index in [0.29, 0.717) is 6.54 Å². The molecule has 6 nitrogen and oxygen atoms in total. The van der Waals surface area contributed by atoms with Gasteiger partial charge in [0.25, 0.3) is 0 Å². The molecule has 3 rings (SSSR count). The van der Waals surface area contributed by atoms with Crippen LogP contribution in [0.3, 0.4) is 0 Å². The molecule has 0 spiro atoms. The van der Waals surface area contributed by atoms with Crippen LogP contribution in [0.2, 0.25) is 0 Å². The predicted octanol–water partition coefficient (Wildman–Crippen LogP) is 2.55. The van der Waals surface area contributed by atoms with Crippen molar-refractivity contribution in [1.82, 2.24) is 15.5 Å². The van der Waals surface area contributed by atoms with Gasteiger partial charge in [-0.3, -0.25) is 9.89 Å². The molecule has 2 heterocycles. The molecule has 0 amide bonds. The van der Waals surface area contributed by atoms with Gasteiger partial charge in [-0.1, -0.05) is 12.1 Å². The van der Waals surface area contributed by atoms with Crippen molar-refractivity contribution in [3.63, 3.8) is 0 Å². The van der Waals surface area contributed by atoms with Crippen LogP contribution < -0.4 is 10.6 Å². The van der Waals surface area contributed by atoms with Crippen LogP contribution in [0.5, 0.6) is 0 Å². The Balaban J connectivity index is 0.00000280. The van der Waals surface area contributed by atoms with Gasteiger partial charge in [0.05, 0.1) is 31.9 Å². The zero-order chi connectivity index (χ0) is 18.9. The molecule has 2 atom stereocenters. The standard InChI is InChI=1S/C20H31FN4O2.HI/c1-2-22-20(23-14-18-4-3-11-27-18)24-15-19(25-9-12-26-13-10-25)16-5-7-17(21)8-6-16;/h5-8,18-19H,2-4,9-15H2,1H3,(H2,22,23,24);1H. The highest BCUT2D eigenvalue weighted by molar-refractivity contribution is 14.0. The van der Waals surface area contributed by atoms with Crippen LogP contribution in [-0.4, -0.2) is 69.5 Å². The fraction of sp³-hybridized carbons (Fsp3) is 0.650. The molecule has 0 bridgehead atoms. The summed E-state index contributed by atoms with van der Waals surface area (Å²) in [7, 11) is 0. The Bertz CT molecular complexity index is 590. The molecule has 2 N–H and O–H groups in total. The second-order valence-corrected chi connectivity index (χ2v) is 6.95. The molecule has 0 aromatic heterocycles. The van der Waals surface area contributed by atoms with Crippen molar-refractivity contribution in [2.45, 2.75) is 31.9 Å². The van der Waals surface area contributed by atoms with Crippen molar-refractivity contribution in [3.05, 3.63) is 35.6 Å². The molecule has 2 aliphatic heterocycles. The number of guanidine groups is 1. The van der Waals surface area contributed by atoms with Crippen LogP contribution in [0.4, 0.5) is 4.39 Å². The Labute approximate surface area is 184 Å². The Kier molecular flexibility index (Phi) is 10.5. The van der Waals surface area contributed by atoms with E-state index in [2.05, 4.69) is 22.5 Å². The van der Waals surface area contributed by atoms with Crippen molar-refractivity contribution >= 4 is 29.9 Å². The number of hydrogen-bond acceptors (Lipinski definition) is 4. The van der Waals surface area contributed by atoms with Crippen LogP contribution in [0, 0.1) is 5.82 Å². The van der Waals surface area contributed by atoms with Gasteiger partial charge < -0.3 is 20.1 Å². The van der Waals surface area contributed by atoms with E-state index < -0.39 is 0 Å². The van der Waals surface area contributed by atoms with Crippen LogP contribution in [0.1, 0.15) is 31.4 Å². The molecule has 1 aromatic carbocycles. The van der Waals surface area contributed by atoms with Gasteiger partial charge in [0.15, 0.2) is 5.96 Å². The van der Waals surface area contributed by atoms with Crippen LogP contribution in [0.15, 0.2) is 29.3 Å². The highest BCUT2D eigenvalue weighted by Gasteiger charge is 2.23. The number of nitrogens with one attached hydrogen (secondary N) is 2. The molecule has 8 heteroatoms. The van der Waals surface area contributed by atoms with E-state index >= 15 is 0 Å². The SMILES string of the molecule is CCNC(=NCC(c1ccc(F)cc1)N1CCOCC1)NCC1CCCO1.I. The third kappa shape index (κ3) is 7.13. The topological polar surface area (TPSA) is 58.1 Å². The van der Waals surface area contributed by atoms with Gasteiger partial charge >= 0.3 is 0 Å². The molecule has 0 saturated carbocycles. The first kappa shape index (κ1) is 23.3. The number of rotatable bonds is 7. The lowest BCUT2D eigenvalue weighted by atomic mass is 10.0. The zero-order valence-electron chi connectivity index (χ0n) is 16.5. The van der Waals surface area contributed by atoms with Gasteiger partial charge in [-0.2, -0.15) is 0 Å². The summed E-state index contributed by atoms with van der Waals surface area (Å²) in [4.78, 5) is 7.18. The van der Waals surface area contributed by atoms with Crippen molar-refractivity contribution in [2.24, 2.45) is 4.99 Å². The summed E-state index contributed by atoms with van der Waals surface area (Å²) < 4.78 is 24.5. The first-order chi connectivity index (χ1) is 13.3. The number of halogens is 2. The maximum Gasteiger partial charge on any atom is 0.191 e. The van der Waals surface area contributed by atoms with Crippen molar-refractivity contribution in [3.8, 4) is 0 Å². The molecule has 1 aromatic rings. The summed E-state index contributed by atoms with van der Waals surface area (Å²) in [6, 6.07) is 6.86. The number of aliphatic imine (C=N–C) groups is 1.